The fourth-order valence-electron chi connectivity index (χ4n) is 4.01. The van der Waals surface area contributed by atoms with Crippen LogP contribution < -0.4 is 10.6 Å². The molecule has 0 unspecified atom stereocenters. The Labute approximate surface area is 201 Å². The van der Waals surface area contributed by atoms with Crippen molar-refractivity contribution < 1.29 is 9.59 Å². The third-order valence-corrected chi connectivity index (χ3v) is 6.75. The highest BCUT2D eigenvalue weighted by Gasteiger charge is 2.32. The Bertz CT molecular complexity index is 1470. The maximum Gasteiger partial charge on any atom is 0.240 e. The second-order valence-electron chi connectivity index (χ2n) is 7.99. The van der Waals surface area contributed by atoms with Crippen molar-refractivity contribution in [2.24, 2.45) is 10.2 Å². The van der Waals surface area contributed by atoms with E-state index < -0.39 is 5.25 Å². The summed E-state index contributed by atoms with van der Waals surface area (Å²) in [5.41, 5.74) is 2.47. The first-order valence-corrected chi connectivity index (χ1v) is 11.8. The van der Waals surface area contributed by atoms with Crippen LogP contribution in [0.5, 0.6) is 0 Å². The van der Waals surface area contributed by atoms with E-state index in [0.717, 1.165) is 38.5 Å². The molecule has 34 heavy (non-hydrogen) atoms. The second kappa shape index (κ2) is 9.49. The highest BCUT2D eigenvalue weighted by Crippen LogP contribution is 2.26. The van der Waals surface area contributed by atoms with Crippen molar-refractivity contribution in [3.05, 3.63) is 90.5 Å². The van der Waals surface area contributed by atoms with Crippen LogP contribution in [0.25, 0.3) is 21.5 Å². The van der Waals surface area contributed by atoms with Crippen LogP contribution in [0.1, 0.15) is 18.9 Å². The van der Waals surface area contributed by atoms with E-state index in [0.29, 0.717) is 5.17 Å². The number of nitrogens with one attached hydrogen (secondary N) is 2. The van der Waals surface area contributed by atoms with Gasteiger partial charge in [-0.25, -0.2) is 0 Å². The fourth-order valence-corrected chi connectivity index (χ4v) is 4.92. The van der Waals surface area contributed by atoms with Gasteiger partial charge in [-0.3, -0.25) is 9.59 Å². The molecule has 168 valence electrons. The van der Waals surface area contributed by atoms with Crippen LogP contribution in [-0.2, 0) is 9.59 Å². The Hall–Kier alpha value is -3.97. The molecule has 1 aliphatic rings. The maximum absolute atomic E-state index is 12.7. The number of fused-ring (bicyclic) bond motifs is 2. The molecular weight excluding hydrogens is 444 g/mol. The van der Waals surface area contributed by atoms with Crippen molar-refractivity contribution in [2.75, 3.05) is 5.32 Å². The van der Waals surface area contributed by atoms with Gasteiger partial charge in [-0.05, 0) is 29.1 Å². The summed E-state index contributed by atoms with van der Waals surface area (Å²) in [6.07, 6.45) is 0.0464. The molecule has 0 aromatic heterocycles. The predicted molar refractivity (Wildman–Crippen MR) is 140 cm³/mol. The summed E-state index contributed by atoms with van der Waals surface area (Å²) >= 11 is 1.22. The van der Waals surface area contributed by atoms with Crippen LogP contribution >= 0.6 is 11.8 Å². The average molecular weight is 467 g/mol. The zero-order valence-electron chi connectivity index (χ0n) is 18.5. The molecule has 5 rings (SSSR count). The third kappa shape index (κ3) is 4.56. The normalized spacial score (nSPS) is 17.3. The van der Waals surface area contributed by atoms with Gasteiger partial charge in [0.2, 0.25) is 11.8 Å². The zero-order valence-corrected chi connectivity index (χ0v) is 19.3. The van der Waals surface area contributed by atoms with Gasteiger partial charge < -0.3 is 10.6 Å². The fraction of sp³-hybridized carbons (Fsp3) is 0.111. The lowest BCUT2D eigenvalue weighted by Crippen LogP contribution is -2.28. The van der Waals surface area contributed by atoms with Crippen molar-refractivity contribution >= 4 is 61.7 Å². The maximum atomic E-state index is 12.7. The monoisotopic (exact) mass is 466 g/mol. The molecule has 0 bridgehead atoms. The SMILES string of the molecule is C/C(=N/N=C1\NC(=O)[C@H](CC(=O)Nc2cccc3ccccc23)S1)c1cccc2ccccc12. The van der Waals surface area contributed by atoms with Gasteiger partial charge in [-0.2, -0.15) is 5.10 Å². The number of hydrogen-bond acceptors (Lipinski definition) is 5. The summed E-state index contributed by atoms with van der Waals surface area (Å²) in [6, 6.07) is 27.7. The lowest BCUT2D eigenvalue weighted by Gasteiger charge is -2.10. The molecule has 0 saturated carbocycles. The summed E-state index contributed by atoms with van der Waals surface area (Å²) in [4.78, 5) is 25.1. The number of amides is 2. The third-order valence-electron chi connectivity index (χ3n) is 5.68. The molecule has 2 N–H and O–H groups in total. The molecule has 1 aliphatic heterocycles. The molecule has 0 aliphatic carbocycles. The van der Waals surface area contributed by atoms with Gasteiger partial charge in [0, 0.05) is 23.1 Å². The van der Waals surface area contributed by atoms with Gasteiger partial charge >= 0.3 is 0 Å². The van der Waals surface area contributed by atoms with E-state index in [2.05, 4.69) is 33.0 Å². The molecule has 0 spiro atoms. The minimum absolute atomic E-state index is 0.0464. The van der Waals surface area contributed by atoms with Crippen LogP contribution in [0.2, 0.25) is 0 Å². The lowest BCUT2D eigenvalue weighted by atomic mass is 10.0. The first-order chi connectivity index (χ1) is 16.6. The molecular formula is C27H22N4O2S. The quantitative estimate of drug-likeness (QED) is 0.308. The van der Waals surface area contributed by atoms with Gasteiger partial charge in [0.1, 0.15) is 5.25 Å². The van der Waals surface area contributed by atoms with Crippen LogP contribution in [0.4, 0.5) is 5.69 Å². The smallest absolute Gasteiger partial charge is 0.240 e. The van der Waals surface area contributed by atoms with Crippen molar-refractivity contribution in [1.29, 1.82) is 0 Å². The van der Waals surface area contributed by atoms with E-state index in [1.165, 1.54) is 11.8 Å². The molecule has 2 amide bonds. The number of amidine groups is 1. The topological polar surface area (TPSA) is 82.9 Å². The summed E-state index contributed by atoms with van der Waals surface area (Å²) in [5, 5.41) is 18.3. The number of rotatable bonds is 5. The summed E-state index contributed by atoms with van der Waals surface area (Å²) < 4.78 is 0. The Kier molecular flexibility index (Phi) is 6.10. The Morgan fingerprint density at radius 1 is 0.912 bits per heavy atom. The number of anilines is 1. The van der Waals surface area contributed by atoms with Crippen molar-refractivity contribution in [3.8, 4) is 0 Å². The van der Waals surface area contributed by atoms with Crippen LogP contribution in [0.3, 0.4) is 0 Å². The molecule has 4 aromatic carbocycles. The van der Waals surface area contributed by atoms with E-state index in [1.54, 1.807) is 0 Å². The Balaban J connectivity index is 1.27. The van der Waals surface area contributed by atoms with Gasteiger partial charge in [-0.15, -0.1) is 5.10 Å². The number of nitrogens with zero attached hydrogens (tertiary/aromatic N) is 2. The summed E-state index contributed by atoms with van der Waals surface area (Å²) in [7, 11) is 0. The molecule has 7 heteroatoms. The number of thioether (sulfide) groups is 1. The van der Waals surface area contributed by atoms with Gasteiger partial charge in [0.15, 0.2) is 5.17 Å². The predicted octanol–water partition coefficient (Wildman–Crippen LogP) is 5.33. The molecule has 0 radical (unpaired) electrons. The molecule has 1 saturated heterocycles. The van der Waals surface area contributed by atoms with Crippen molar-refractivity contribution in [2.45, 2.75) is 18.6 Å². The molecule has 6 nitrogen and oxygen atoms in total. The van der Waals surface area contributed by atoms with E-state index >= 15 is 0 Å². The first-order valence-electron chi connectivity index (χ1n) is 10.9. The van der Waals surface area contributed by atoms with E-state index in [1.807, 2.05) is 79.7 Å². The second-order valence-corrected chi connectivity index (χ2v) is 9.18. The average Bonchev–Trinajstić information content (AvgIpc) is 3.21. The van der Waals surface area contributed by atoms with Crippen LogP contribution in [-0.4, -0.2) is 27.9 Å². The van der Waals surface area contributed by atoms with Crippen LogP contribution in [0.15, 0.2) is 95.1 Å². The number of carbonyl (C=O) groups excluding carboxylic acids is 2. The standard InChI is InChI=1S/C27H22N4O2S/c1-17(20-14-6-10-18-8-2-4-12-21(18)20)30-31-27-29-26(33)24(34-27)16-25(32)28-23-15-7-11-19-9-3-5-13-22(19)23/h2-15,24H,16H2,1H3,(H,28,32)(H,29,31,33)/b30-17-/t24-/m0/s1. The number of carbonyl (C=O) groups is 2. The van der Waals surface area contributed by atoms with Gasteiger partial charge in [-0.1, -0.05) is 90.6 Å². The molecule has 1 fully saturated rings. The van der Waals surface area contributed by atoms with E-state index in [9.17, 15) is 9.59 Å². The van der Waals surface area contributed by atoms with E-state index in [4.69, 9.17) is 0 Å². The molecule has 1 heterocycles. The number of hydrogen-bond donors (Lipinski definition) is 2. The summed E-state index contributed by atoms with van der Waals surface area (Å²) in [5.74, 6) is -0.462. The van der Waals surface area contributed by atoms with Crippen molar-refractivity contribution in [3.63, 3.8) is 0 Å². The van der Waals surface area contributed by atoms with Gasteiger partial charge in [0.05, 0.1) is 5.71 Å². The first kappa shape index (κ1) is 21.9. The molecule has 4 aromatic rings. The van der Waals surface area contributed by atoms with Gasteiger partial charge in [0.25, 0.3) is 0 Å². The minimum atomic E-state index is -0.554. The van der Waals surface area contributed by atoms with E-state index in [-0.39, 0.29) is 18.2 Å². The zero-order chi connectivity index (χ0) is 23.5. The Morgan fingerprint density at radius 2 is 1.56 bits per heavy atom. The highest BCUT2D eigenvalue weighted by atomic mass is 32.2. The molecule has 1 atom stereocenters. The highest BCUT2D eigenvalue weighted by molar-refractivity contribution is 8.15. The summed E-state index contributed by atoms with van der Waals surface area (Å²) in [6.45, 7) is 1.89. The van der Waals surface area contributed by atoms with Crippen molar-refractivity contribution in [1.82, 2.24) is 5.32 Å². The lowest BCUT2D eigenvalue weighted by molar-refractivity contribution is -0.122. The Morgan fingerprint density at radius 3 is 2.35 bits per heavy atom. The number of benzene rings is 4. The van der Waals surface area contributed by atoms with Crippen LogP contribution in [0, 0.1) is 0 Å². The largest absolute Gasteiger partial charge is 0.325 e. The minimum Gasteiger partial charge on any atom is -0.325 e.